The fourth-order valence-electron chi connectivity index (χ4n) is 3.66. The first kappa shape index (κ1) is 18.0. The maximum atomic E-state index is 13.4. The van der Waals surface area contributed by atoms with Crippen molar-refractivity contribution in [1.29, 1.82) is 0 Å². The summed E-state index contributed by atoms with van der Waals surface area (Å²) in [5, 5.41) is 2.93. The van der Waals surface area contributed by atoms with E-state index in [0.717, 1.165) is 32.6 Å². The third kappa shape index (κ3) is 3.41. The van der Waals surface area contributed by atoms with Crippen molar-refractivity contribution in [1.82, 2.24) is 14.9 Å². The Hall–Kier alpha value is -3.09. The van der Waals surface area contributed by atoms with Crippen LogP contribution in [0.4, 0.5) is 0 Å². The van der Waals surface area contributed by atoms with E-state index in [-0.39, 0.29) is 5.91 Å². The molecule has 0 N–H and O–H groups in total. The molecule has 29 heavy (non-hydrogen) atoms. The third-order valence-electron chi connectivity index (χ3n) is 5.11. The number of aromatic nitrogens is 2. The van der Waals surface area contributed by atoms with Crippen LogP contribution in [0, 0.1) is 0 Å². The van der Waals surface area contributed by atoms with Gasteiger partial charge in [-0.3, -0.25) is 9.78 Å². The molecule has 0 radical (unpaired) electrons. The van der Waals surface area contributed by atoms with Crippen molar-refractivity contribution in [2.24, 2.45) is 0 Å². The molecule has 3 aromatic heterocycles. The molecular weight excluding hydrogens is 382 g/mol. The van der Waals surface area contributed by atoms with Gasteiger partial charge in [0.15, 0.2) is 0 Å². The molecule has 0 bridgehead atoms. The second-order valence-electron chi connectivity index (χ2n) is 6.88. The standard InChI is InChI=1S/C23H19N3O2S/c27-23(26-9-11-28-12-10-26)19-14-20(16-4-2-8-24-15-16)25-22-17(19)5-1-6-18(22)21-7-3-13-29-21/h1-8,13-15H,9-12H2. The summed E-state index contributed by atoms with van der Waals surface area (Å²) in [6, 6.07) is 15.9. The summed E-state index contributed by atoms with van der Waals surface area (Å²) in [6.07, 6.45) is 3.52. The maximum absolute atomic E-state index is 13.4. The highest BCUT2D eigenvalue weighted by Gasteiger charge is 2.23. The molecule has 0 spiro atoms. The van der Waals surface area contributed by atoms with Crippen molar-refractivity contribution in [3.63, 3.8) is 0 Å². The number of morpholine rings is 1. The fourth-order valence-corrected chi connectivity index (χ4v) is 4.41. The average Bonchev–Trinajstić information content (AvgIpc) is 3.33. The number of carbonyl (C=O) groups is 1. The third-order valence-corrected chi connectivity index (χ3v) is 6.02. The van der Waals surface area contributed by atoms with Crippen LogP contribution in [0.3, 0.4) is 0 Å². The summed E-state index contributed by atoms with van der Waals surface area (Å²) in [4.78, 5) is 25.6. The van der Waals surface area contributed by atoms with Crippen LogP contribution in [0.2, 0.25) is 0 Å². The normalized spacial score (nSPS) is 14.3. The predicted octanol–water partition coefficient (Wildman–Crippen LogP) is 4.50. The van der Waals surface area contributed by atoms with E-state index in [9.17, 15) is 4.79 Å². The predicted molar refractivity (Wildman–Crippen MR) is 115 cm³/mol. The van der Waals surface area contributed by atoms with E-state index in [1.807, 2.05) is 41.3 Å². The molecule has 6 heteroatoms. The molecule has 1 amide bonds. The largest absolute Gasteiger partial charge is 0.378 e. The number of amides is 1. The van der Waals surface area contributed by atoms with Gasteiger partial charge < -0.3 is 9.64 Å². The summed E-state index contributed by atoms with van der Waals surface area (Å²) in [5.41, 5.74) is 4.21. The van der Waals surface area contributed by atoms with Gasteiger partial charge in [-0.1, -0.05) is 24.3 Å². The lowest BCUT2D eigenvalue weighted by Crippen LogP contribution is -2.40. The molecule has 1 fully saturated rings. The highest BCUT2D eigenvalue weighted by molar-refractivity contribution is 7.13. The summed E-state index contributed by atoms with van der Waals surface area (Å²) < 4.78 is 5.42. The van der Waals surface area contributed by atoms with Crippen LogP contribution >= 0.6 is 11.3 Å². The monoisotopic (exact) mass is 401 g/mol. The van der Waals surface area contributed by atoms with Crippen molar-refractivity contribution in [3.05, 3.63) is 71.9 Å². The van der Waals surface area contributed by atoms with E-state index >= 15 is 0 Å². The first-order chi connectivity index (χ1) is 14.3. The van der Waals surface area contributed by atoms with Crippen LogP contribution in [0.1, 0.15) is 10.4 Å². The number of hydrogen-bond donors (Lipinski definition) is 0. The quantitative estimate of drug-likeness (QED) is 0.507. The van der Waals surface area contributed by atoms with Gasteiger partial charge >= 0.3 is 0 Å². The fraction of sp³-hybridized carbons (Fsp3) is 0.174. The molecule has 1 aliphatic rings. The van der Waals surface area contributed by atoms with Crippen molar-refractivity contribution in [2.45, 2.75) is 0 Å². The van der Waals surface area contributed by atoms with Gasteiger partial charge in [0.05, 0.1) is 30.0 Å². The summed E-state index contributed by atoms with van der Waals surface area (Å²) in [7, 11) is 0. The molecule has 5 nitrogen and oxygen atoms in total. The number of carbonyl (C=O) groups excluding carboxylic acids is 1. The minimum absolute atomic E-state index is 0.0224. The summed E-state index contributed by atoms with van der Waals surface area (Å²) in [5.74, 6) is 0.0224. The minimum atomic E-state index is 0.0224. The van der Waals surface area contributed by atoms with E-state index < -0.39 is 0 Å². The van der Waals surface area contributed by atoms with Crippen molar-refractivity contribution < 1.29 is 9.53 Å². The van der Waals surface area contributed by atoms with Gasteiger partial charge in [-0.15, -0.1) is 11.3 Å². The number of hydrogen-bond acceptors (Lipinski definition) is 5. The second-order valence-corrected chi connectivity index (χ2v) is 7.83. The number of benzene rings is 1. The van der Waals surface area contributed by atoms with Crippen LogP contribution in [-0.4, -0.2) is 47.1 Å². The minimum Gasteiger partial charge on any atom is -0.378 e. The average molecular weight is 401 g/mol. The lowest BCUT2D eigenvalue weighted by Gasteiger charge is -2.27. The van der Waals surface area contributed by atoms with Crippen molar-refractivity contribution >= 4 is 28.1 Å². The Bertz CT molecular complexity index is 1150. The number of ether oxygens (including phenoxy) is 1. The van der Waals surface area contributed by atoms with Crippen molar-refractivity contribution in [2.75, 3.05) is 26.3 Å². The molecule has 1 aliphatic heterocycles. The number of para-hydroxylation sites is 1. The number of fused-ring (bicyclic) bond motifs is 1. The van der Waals surface area contributed by atoms with Gasteiger partial charge in [0, 0.05) is 46.9 Å². The molecule has 4 heterocycles. The Labute approximate surface area is 172 Å². The Balaban J connectivity index is 1.74. The van der Waals surface area contributed by atoms with Crippen LogP contribution in [0.25, 0.3) is 32.6 Å². The Kier molecular flexibility index (Phi) is 4.79. The second kappa shape index (κ2) is 7.73. The van der Waals surface area contributed by atoms with Crippen LogP contribution < -0.4 is 0 Å². The van der Waals surface area contributed by atoms with Gasteiger partial charge in [-0.2, -0.15) is 0 Å². The van der Waals surface area contributed by atoms with Crippen LogP contribution in [-0.2, 0) is 4.74 Å². The Morgan fingerprint density at radius 1 is 1.07 bits per heavy atom. The first-order valence-electron chi connectivity index (χ1n) is 9.56. The highest BCUT2D eigenvalue weighted by atomic mass is 32.1. The molecule has 1 saturated heterocycles. The molecule has 1 aromatic carbocycles. The van der Waals surface area contributed by atoms with E-state index in [4.69, 9.17) is 9.72 Å². The zero-order chi connectivity index (χ0) is 19.6. The lowest BCUT2D eigenvalue weighted by molar-refractivity contribution is 0.0304. The summed E-state index contributed by atoms with van der Waals surface area (Å²) >= 11 is 1.67. The van der Waals surface area contributed by atoms with Crippen LogP contribution in [0.5, 0.6) is 0 Å². The first-order valence-corrected chi connectivity index (χ1v) is 10.4. The highest BCUT2D eigenvalue weighted by Crippen LogP contribution is 2.34. The number of nitrogens with zero attached hydrogens (tertiary/aromatic N) is 3. The number of pyridine rings is 2. The van der Waals surface area contributed by atoms with Crippen LogP contribution in [0.15, 0.2) is 66.3 Å². The topological polar surface area (TPSA) is 55.3 Å². The van der Waals surface area contributed by atoms with Gasteiger partial charge in [0.1, 0.15) is 0 Å². The van der Waals surface area contributed by atoms with Gasteiger partial charge in [0.25, 0.3) is 5.91 Å². The smallest absolute Gasteiger partial charge is 0.254 e. The zero-order valence-electron chi connectivity index (χ0n) is 15.7. The van der Waals surface area contributed by atoms with E-state index in [1.165, 1.54) is 0 Å². The van der Waals surface area contributed by atoms with Gasteiger partial charge in [0.2, 0.25) is 0 Å². The number of rotatable bonds is 3. The van der Waals surface area contributed by atoms with Gasteiger partial charge in [-0.05, 0) is 29.6 Å². The molecule has 5 rings (SSSR count). The van der Waals surface area contributed by atoms with E-state index in [1.54, 1.807) is 23.7 Å². The summed E-state index contributed by atoms with van der Waals surface area (Å²) in [6.45, 7) is 2.36. The molecule has 0 saturated carbocycles. The van der Waals surface area contributed by atoms with E-state index in [0.29, 0.717) is 31.9 Å². The molecule has 0 aliphatic carbocycles. The lowest BCUT2D eigenvalue weighted by atomic mass is 10.0. The van der Waals surface area contributed by atoms with Crippen molar-refractivity contribution in [3.8, 4) is 21.7 Å². The molecule has 0 unspecified atom stereocenters. The van der Waals surface area contributed by atoms with Gasteiger partial charge in [-0.25, -0.2) is 4.98 Å². The molecule has 144 valence electrons. The molecular formula is C23H19N3O2S. The number of thiophene rings is 1. The maximum Gasteiger partial charge on any atom is 0.254 e. The Morgan fingerprint density at radius 2 is 1.97 bits per heavy atom. The van der Waals surface area contributed by atoms with E-state index in [2.05, 4.69) is 22.5 Å². The molecule has 4 aromatic rings. The molecule has 0 atom stereocenters. The SMILES string of the molecule is O=C(c1cc(-c2cccnc2)nc2c(-c3cccs3)cccc12)N1CCOCC1. The Morgan fingerprint density at radius 3 is 2.72 bits per heavy atom. The zero-order valence-corrected chi connectivity index (χ0v) is 16.6.